The van der Waals surface area contributed by atoms with Crippen LogP contribution in [-0.4, -0.2) is 42.0 Å². The number of nitrogens with zero attached hydrogens (tertiary/aromatic N) is 2. The van der Waals surface area contributed by atoms with Gasteiger partial charge in [0.15, 0.2) is 23.9 Å². The van der Waals surface area contributed by atoms with Crippen LogP contribution in [-0.2, 0) is 14.3 Å². The lowest BCUT2D eigenvalue weighted by Gasteiger charge is -2.19. The predicted molar refractivity (Wildman–Crippen MR) is 131 cm³/mol. The molecule has 0 unspecified atom stereocenters. The van der Waals surface area contributed by atoms with Gasteiger partial charge in [-0.15, -0.1) is 0 Å². The third kappa shape index (κ3) is 5.54. The molecule has 0 saturated heterocycles. The molecule has 1 fully saturated rings. The van der Waals surface area contributed by atoms with Gasteiger partial charge in [0.05, 0.1) is 25.2 Å². The van der Waals surface area contributed by atoms with Crippen molar-refractivity contribution in [3.63, 3.8) is 0 Å². The largest absolute Gasteiger partial charge is 0.490 e. The van der Waals surface area contributed by atoms with Gasteiger partial charge in [0.25, 0.3) is 5.91 Å². The number of Topliss-reactive ketones (excluding diaryl/α,β-unsaturated/α-hetero) is 1. The van der Waals surface area contributed by atoms with Crippen molar-refractivity contribution >= 4 is 23.5 Å². The number of rotatable bonds is 8. The molecule has 36 heavy (non-hydrogen) atoms. The fourth-order valence-electron chi connectivity index (χ4n) is 4.79. The first kappa shape index (κ1) is 25.3. The average Bonchev–Trinajstić information content (AvgIpc) is 3.39. The first-order chi connectivity index (χ1) is 17.4. The minimum absolute atomic E-state index is 0.0540. The van der Waals surface area contributed by atoms with Gasteiger partial charge in [-0.1, -0.05) is 12.8 Å². The standard InChI is InChI=1S/C27H31N3O6/c1-17-18(2)30(20-6-3-4-7-20)27(21(17)15-28)29-25(32)16-36-26(33)11-9-22(31)19-8-10-23-24(14-19)35-13-5-12-34-23/h8,10,14,20H,3-7,9,11-13,16H2,1-2H3,(H,29,32). The Balaban J connectivity index is 1.30. The van der Waals surface area contributed by atoms with E-state index in [2.05, 4.69) is 11.4 Å². The summed E-state index contributed by atoms with van der Waals surface area (Å²) in [5.74, 6) is 0.175. The van der Waals surface area contributed by atoms with Crippen molar-refractivity contribution in [3.05, 3.63) is 40.6 Å². The van der Waals surface area contributed by atoms with Gasteiger partial charge in [-0.3, -0.25) is 14.4 Å². The van der Waals surface area contributed by atoms with Crippen LogP contribution in [0.5, 0.6) is 11.5 Å². The third-order valence-corrected chi connectivity index (χ3v) is 6.81. The van der Waals surface area contributed by atoms with Gasteiger partial charge >= 0.3 is 5.97 Å². The Morgan fingerprint density at radius 1 is 1.08 bits per heavy atom. The molecule has 0 spiro atoms. The van der Waals surface area contributed by atoms with Crippen molar-refractivity contribution in [2.45, 2.75) is 64.8 Å². The van der Waals surface area contributed by atoms with E-state index in [0.29, 0.717) is 41.7 Å². The molecule has 2 aliphatic rings. The van der Waals surface area contributed by atoms with Crippen molar-refractivity contribution in [2.75, 3.05) is 25.1 Å². The summed E-state index contributed by atoms with van der Waals surface area (Å²) in [4.78, 5) is 37.4. The molecule has 1 aliphatic carbocycles. The number of benzene rings is 1. The summed E-state index contributed by atoms with van der Waals surface area (Å²) in [5, 5.41) is 12.4. The van der Waals surface area contributed by atoms with Crippen molar-refractivity contribution in [2.24, 2.45) is 0 Å². The quantitative estimate of drug-likeness (QED) is 0.428. The van der Waals surface area contributed by atoms with Crippen LogP contribution in [0, 0.1) is 25.2 Å². The number of amides is 1. The van der Waals surface area contributed by atoms with Gasteiger partial charge in [0.2, 0.25) is 0 Å². The second kappa shape index (κ2) is 11.3. The van der Waals surface area contributed by atoms with Gasteiger partial charge in [-0.25, -0.2) is 0 Å². The Kier molecular flexibility index (Phi) is 7.93. The van der Waals surface area contributed by atoms with Crippen molar-refractivity contribution in [1.82, 2.24) is 4.57 Å². The molecule has 0 radical (unpaired) electrons. The first-order valence-corrected chi connectivity index (χ1v) is 12.4. The topological polar surface area (TPSA) is 120 Å². The Morgan fingerprint density at radius 3 is 2.53 bits per heavy atom. The van der Waals surface area contributed by atoms with Crippen molar-refractivity contribution in [3.8, 4) is 17.6 Å². The molecule has 9 nitrogen and oxygen atoms in total. The zero-order valence-corrected chi connectivity index (χ0v) is 20.7. The molecular formula is C27H31N3O6. The molecule has 1 aromatic heterocycles. The molecular weight excluding hydrogens is 462 g/mol. The summed E-state index contributed by atoms with van der Waals surface area (Å²) < 4.78 is 18.3. The molecule has 1 saturated carbocycles. The van der Waals surface area contributed by atoms with Crippen molar-refractivity contribution < 1.29 is 28.6 Å². The highest BCUT2D eigenvalue weighted by atomic mass is 16.5. The number of carbonyl (C=O) groups is 3. The fraction of sp³-hybridized carbons (Fsp3) is 0.481. The summed E-state index contributed by atoms with van der Waals surface area (Å²) in [7, 11) is 0. The van der Waals surface area contributed by atoms with Crippen LogP contribution >= 0.6 is 0 Å². The molecule has 1 aliphatic heterocycles. The van der Waals surface area contributed by atoms with Gasteiger partial charge in [0, 0.05) is 30.1 Å². The van der Waals surface area contributed by atoms with E-state index in [0.717, 1.165) is 43.4 Å². The van der Waals surface area contributed by atoms with Crippen LogP contribution in [0.4, 0.5) is 5.82 Å². The van der Waals surface area contributed by atoms with E-state index in [1.807, 2.05) is 18.4 Å². The molecule has 1 N–H and O–H groups in total. The second-order valence-corrected chi connectivity index (χ2v) is 9.20. The molecule has 4 rings (SSSR count). The number of hydrogen-bond acceptors (Lipinski definition) is 7. The highest BCUT2D eigenvalue weighted by Crippen LogP contribution is 2.37. The minimum Gasteiger partial charge on any atom is -0.490 e. The maximum Gasteiger partial charge on any atom is 0.306 e. The maximum absolute atomic E-state index is 12.6. The molecule has 0 atom stereocenters. The molecule has 2 heterocycles. The smallest absolute Gasteiger partial charge is 0.306 e. The number of esters is 1. The van der Waals surface area contributed by atoms with Crippen molar-refractivity contribution in [1.29, 1.82) is 5.26 Å². The number of nitrogens with one attached hydrogen (secondary N) is 1. The van der Waals surface area contributed by atoms with Crippen LogP contribution < -0.4 is 14.8 Å². The molecule has 2 aromatic rings. The summed E-state index contributed by atoms with van der Waals surface area (Å²) in [6.07, 6.45) is 4.77. The first-order valence-electron chi connectivity index (χ1n) is 12.4. The number of ether oxygens (including phenoxy) is 3. The summed E-state index contributed by atoms with van der Waals surface area (Å²) in [5.41, 5.74) is 2.65. The number of fused-ring (bicyclic) bond motifs is 1. The molecule has 1 amide bonds. The highest BCUT2D eigenvalue weighted by molar-refractivity contribution is 5.98. The van der Waals surface area contributed by atoms with Gasteiger partial charge < -0.3 is 24.1 Å². The Bertz CT molecular complexity index is 1200. The summed E-state index contributed by atoms with van der Waals surface area (Å²) in [6.45, 7) is 4.40. The Morgan fingerprint density at radius 2 is 1.81 bits per heavy atom. The van der Waals surface area contributed by atoms with E-state index in [-0.39, 0.29) is 24.7 Å². The molecule has 0 bridgehead atoms. The van der Waals surface area contributed by atoms with Gasteiger partial charge in [-0.05, 0) is 50.5 Å². The van der Waals surface area contributed by atoms with Crippen LogP contribution in [0.25, 0.3) is 0 Å². The van der Waals surface area contributed by atoms with E-state index in [1.54, 1.807) is 18.2 Å². The van der Waals surface area contributed by atoms with Crippen LogP contribution in [0.15, 0.2) is 18.2 Å². The average molecular weight is 494 g/mol. The number of anilines is 1. The van der Waals surface area contributed by atoms with E-state index in [1.165, 1.54) is 0 Å². The second-order valence-electron chi connectivity index (χ2n) is 9.20. The summed E-state index contributed by atoms with van der Waals surface area (Å²) in [6, 6.07) is 7.39. The number of aromatic nitrogens is 1. The van der Waals surface area contributed by atoms with Crippen LogP contribution in [0.1, 0.15) is 78.2 Å². The zero-order valence-electron chi connectivity index (χ0n) is 20.7. The van der Waals surface area contributed by atoms with E-state index in [4.69, 9.17) is 14.2 Å². The van der Waals surface area contributed by atoms with Crippen LogP contribution in [0.3, 0.4) is 0 Å². The zero-order chi connectivity index (χ0) is 25.7. The van der Waals surface area contributed by atoms with E-state index < -0.39 is 18.5 Å². The SMILES string of the molecule is Cc1c(C#N)c(NC(=O)COC(=O)CCC(=O)c2ccc3c(c2)OCCCO3)n(C2CCCC2)c1C. The normalized spacial score (nSPS) is 15.1. The van der Waals surface area contributed by atoms with Crippen LogP contribution in [0.2, 0.25) is 0 Å². The Hall–Kier alpha value is -3.80. The molecule has 190 valence electrons. The lowest BCUT2D eigenvalue weighted by molar-refractivity contribution is -0.147. The fourth-order valence-corrected chi connectivity index (χ4v) is 4.79. The highest BCUT2D eigenvalue weighted by Gasteiger charge is 2.27. The number of ketones is 1. The van der Waals surface area contributed by atoms with E-state index in [9.17, 15) is 19.6 Å². The lowest BCUT2D eigenvalue weighted by atomic mass is 10.1. The minimum atomic E-state index is -0.646. The summed E-state index contributed by atoms with van der Waals surface area (Å²) >= 11 is 0. The number of hydrogen-bond donors (Lipinski definition) is 1. The maximum atomic E-state index is 12.6. The van der Waals surface area contributed by atoms with E-state index >= 15 is 0 Å². The molecule has 1 aromatic carbocycles. The predicted octanol–water partition coefficient (Wildman–Crippen LogP) is 4.40. The third-order valence-electron chi connectivity index (χ3n) is 6.81. The van der Waals surface area contributed by atoms with Gasteiger partial charge in [-0.2, -0.15) is 5.26 Å². The monoisotopic (exact) mass is 493 g/mol. The lowest BCUT2D eigenvalue weighted by Crippen LogP contribution is -2.24. The Labute approximate surface area is 210 Å². The molecule has 9 heteroatoms. The number of nitriles is 1. The number of carbonyl (C=O) groups excluding carboxylic acids is 3. The van der Waals surface area contributed by atoms with Gasteiger partial charge in [0.1, 0.15) is 11.9 Å².